The zero-order valence-electron chi connectivity index (χ0n) is 56.2. The number of amides is 1. The van der Waals surface area contributed by atoms with E-state index in [2.05, 4.69) is 79.9 Å². The van der Waals surface area contributed by atoms with Gasteiger partial charge in [0.15, 0.2) is 0 Å². The molecule has 4 nitrogen and oxygen atoms in total. The molecule has 486 valence electrons. The number of allylic oxidation sites excluding steroid dienone is 11. The first-order chi connectivity index (χ1) is 41.2. The van der Waals surface area contributed by atoms with E-state index in [1.54, 1.807) is 6.08 Å². The van der Waals surface area contributed by atoms with Crippen molar-refractivity contribution in [2.24, 2.45) is 0 Å². The highest BCUT2D eigenvalue weighted by Gasteiger charge is 2.18. The van der Waals surface area contributed by atoms with Gasteiger partial charge in [-0.25, -0.2) is 0 Å². The second kappa shape index (κ2) is 74.1. The fraction of sp³-hybridized carbons (Fsp3) is 0.835. The molecule has 0 aliphatic carbocycles. The second-order valence-corrected chi connectivity index (χ2v) is 25.7. The molecule has 0 spiro atoms. The predicted molar refractivity (Wildman–Crippen MR) is 373 cm³/mol. The Kier molecular flexibility index (Phi) is 72.1. The number of rotatable bonds is 70. The molecule has 0 aromatic carbocycles. The topological polar surface area (TPSA) is 69.6 Å². The summed E-state index contributed by atoms with van der Waals surface area (Å²) in [6.45, 7) is 4.23. The summed E-state index contributed by atoms with van der Waals surface area (Å²) in [4.78, 5) is 12.6. The van der Waals surface area contributed by atoms with Crippen LogP contribution in [-0.2, 0) is 4.79 Å². The van der Waals surface area contributed by atoms with Crippen LogP contribution in [0.15, 0.2) is 72.9 Å². The number of hydrogen-bond acceptors (Lipinski definition) is 3. The molecule has 0 aromatic heterocycles. The lowest BCUT2D eigenvalue weighted by atomic mass is 10.0. The van der Waals surface area contributed by atoms with Crippen molar-refractivity contribution in [2.75, 3.05) is 6.61 Å². The quantitative estimate of drug-likeness (QED) is 0.0420. The van der Waals surface area contributed by atoms with Crippen LogP contribution in [0.3, 0.4) is 0 Å². The Morgan fingerprint density at radius 2 is 0.542 bits per heavy atom. The van der Waals surface area contributed by atoms with E-state index in [1.165, 1.54) is 327 Å². The molecule has 0 saturated carbocycles. The first kappa shape index (κ1) is 80.8. The summed E-state index contributed by atoms with van der Waals surface area (Å²) in [6, 6.07) is -0.641. The van der Waals surface area contributed by atoms with Gasteiger partial charge in [0, 0.05) is 6.42 Å². The Balaban J connectivity index is 3.42. The Morgan fingerprint density at radius 1 is 0.301 bits per heavy atom. The molecule has 2 atom stereocenters. The molecule has 4 heteroatoms. The predicted octanol–water partition coefficient (Wildman–Crippen LogP) is 26.0. The third-order valence-electron chi connectivity index (χ3n) is 17.4. The summed E-state index contributed by atoms with van der Waals surface area (Å²) in [7, 11) is 0. The van der Waals surface area contributed by atoms with Crippen molar-refractivity contribution in [2.45, 2.75) is 418 Å². The number of carbonyl (C=O) groups is 1. The van der Waals surface area contributed by atoms with Crippen LogP contribution in [0.25, 0.3) is 0 Å². The van der Waals surface area contributed by atoms with Gasteiger partial charge in [-0.05, 0) is 70.6 Å². The molecule has 3 N–H and O–H groups in total. The van der Waals surface area contributed by atoms with Gasteiger partial charge < -0.3 is 15.5 Å². The van der Waals surface area contributed by atoms with Gasteiger partial charge in [0.2, 0.25) is 5.91 Å². The number of unbranched alkanes of at least 4 members (excludes halogenated alkanes) is 53. The molecule has 0 fully saturated rings. The van der Waals surface area contributed by atoms with Gasteiger partial charge in [0.25, 0.3) is 0 Å². The molecule has 0 heterocycles. The highest BCUT2D eigenvalue weighted by molar-refractivity contribution is 5.76. The minimum atomic E-state index is -0.864. The second-order valence-electron chi connectivity index (χ2n) is 25.7. The van der Waals surface area contributed by atoms with Gasteiger partial charge in [-0.3, -0.25) is 4.79 Å². The highest BCUT2D eigenvalue weighted by atomic mass is 16.3. The molecular weight excluding hydrogens is 1010 g/mol. The molecule has 0 rings (SSSR count). The molecule has 83 heavy (non-hydrogen) atoms. The third-order valence-corrected chi connectivity index (χ3v) is 17.4. The van der Waals surface area contributed by atoms with Crippen molar-refractivity contribution in [3.8, 4) is 0 Å². The van der Waals surface area contributed by atoms with Crippen LogP contribution in [0.2, 0.25) is 0 Å². The van der Waals surface area contributed by atoms with Gasteiger partial charge in [-0.2, -0.15) is 0 Å². The van der Waals surface area contributed by atoms with Crippen molar-refractivity contribution < 1.29 is 15.0 Å². The molecular formula is C79H147NO3. The molecule has 2 unspecified atom stereocenters. The van der Waals surface area contributed by atoms with Crippen LogP contribution in [0.4, 0.5) is 0 Å². The maximum Gasteiger partial charge on any atom is 0.220 e. The number of aliphatic hydroxyl groups is 2. The van der Waals surface area contributed by atoms with Gasteiger partial charge in [0.05, 0.1) is 18.8 Å². The van der Waals surface area contributed by atoms with Crippen LogP contribution >= 0.6 is 0 Å². The van der Waals surface area contributed by atoms with Gasteiger partial charge >= 0.3 is 0 Å². The summed E-state index contributed by atoms with van der Waals surface area (Å²) in [6.07, 6.45) is 107. The lowest BCUT2D eigenvalue weighted by Crippen LogP contribution is -2.45. The molecule has 0 saturated heterocycles. The van der Waals surface area contributed by atoms with Crippen molar-refractivity contribution in [3.63, 3.8) is 0 Å². The Morgan fingerprint density at radius 3 is 0.843 bits per heavy atom. The number of hydrogen-bond donors (Lipinski definition) is 3. The van der Waals surface area contributed by atoms with Crippen molar-refractivity contribution in [1.82, 2.24) is 5.32 Å². The van der Waals surface area contributed by atoms with E-state index >= 15 is 0 Å². The molecule has 0 aliphatic rings. The SMILES string of the molecule is CC/C=C\C/C=C\C/C=C\C/C=C\CCCCCCCCCCCCCCCCCCCCCCCCCCCCCCC(=O)NC(CO)C(O)/C=C/CC/C=C/CCCCCCCCCCCCCCCCCCCCCCCCCC. The summed E-state index contributed by atoms with van der Waals surface area (Å²) in [5.74, 6) is -0.0660. The van der Waals surface area contributed by atoms with Crippen molar-refractivity contribution in [3.05, 3.63) is 72.9 Å². The van der Waals surface area contributed by atoms with E-state index in [-0.39, 0.29) is 12.5 Å². The molecule has 1 amide bonds. The van der Waals surface area contributed by atoms with Crippen molar-refractivity contribution >= 4 is 5.91 Å². The van der Waals surface area contributed by atoms with Gasteiger partial charge in [0.1, 0.15) is 0 Å². The van der Waals surface area contributed by atoms with Gasteiger partial charge in [-0.15, -0.1) is 0 Å². The third kappa shape index (κ3) is 70.5. The standard InChI is InChI=1S/C79H147NO3/c1-3-5-7-9-11-13-15-17-19-21-23-25-27-29-31-33-35-36-37-38-39-40-41-42-43-44-45-47-49-51-53-55-57-59-61-63-65-67-69-71-73-75-79(83)80-77(76-81)78(82)74-72-70-68-66-64-62-60-58-56-54-52-50-48-46-34-32-30-28-26-24-22-20-18-16-14-12-10-8-6-4-2/h5,7,11,13,17,19,23,25,64,66,72,74,77-78,81-82H,3-4,6,8-10,12,14-16,18,20-22,24,26-63,65,67-71,73,75-76H2,1-2H3,(H,80,83)/b7-5-,13-11-,19-17-,25-23-,66-64+,74-72+. The fourth-order valence-corrected chi connectivity index (χ4v) is 11.8. The molecule has 0 aliphatic heterocycles. The van der Waals surface area contributed by atoms with Crippen LogP contribution < -0.4 is 5.32 Å². The number of nitrogens with one attached hydrogen (secondary N) is 1. The van der Waals surface area contributed by atoms with E-state index in [1.807, 2.05) is 6.08 Å². The smallest absolute Gasteiger partial charge is 0.220 e. The van der Waals surface area contributed by atoms with Crippen LogP contribution in [-0.4, -0.2) is 34.9 Å². The van der Waals surface area contributed by atoms with Crippen molar-refractivity contribution in [1.29, 1.82) is 0 Å². The average molecular weight is 1160 g/mol. The highest BCUT2D eigenvalue weighted by Crippen LogP contribution is 2.19. The summed E-state index contributed by atoms with van der Waals surface area (Å²) >= 11 is 0. The van der Waals surface area contributed by atoms with Crippen LogP contribution in [0.5, 0.6) is 0 Å². The molecule has 0 bridgehead atoms. The molecule has 0 aromatic rings. The normalized spacial score (nSPS) is 13.1. The van der Waals surface area contributed by atoms with E-state index < -0.39 is 12.1 Å². The lowest BCUT2D eigenvalue weighted by Gasteiger charge is -2.19. The lowest BCUT2D eigenvalue weighted by molar-refractivity contribution is -0.123. The Hall–Kier alpha value is -2.17. The Labute approximate surface area is 520 Å². The van der Waals surface area contributed by atoms with Gasteiger partial charge in [-0.1, -0.05) is 401 Å². The first-order valence-electron chi connectivity index (χ1n) is 37.7. The summed E-state index contributed by atoms with van der Waals surface area (Å²) < 4.78 is 0. The largest absolute Gasteiger partial charge is 0.394 e. The van der Waals surface area contributed by atoms with Crippen LogP contribution in [0, 0.1) is 0 Å². The van der Waals surface area contributed by atoms with E-state index in [0.29, 0.717) is 6.42 Å². The number of aliphatic hydroxyl groups excluding tert-OH is 2. The van der Waals surface area contributed by atoms with E-state index in [4.69, 9.17) is 0 Å². The summed E-state index contributed by atoms with van der Waals surface area (Å²) in [5.41, 5.74) is 0. The zero-order chi connectivity index (χ0) is 59.8. The minimum Gasteiger partial charge on any atom is -0.394 e. The van der Waals surface area contributed by atoms with E-state index in [0.717, 1.165) is 57.8 Å². The zero-order valence-corrected chi connectivity index (χ0v) is 56.2. The maximum absolute atomic E-state index is 12.6. The number of carbonyl (C=O) groups excluding carboxylic acids is 1. The average Bonchev–Trinajstić information content (AvgIpc) is 3.51. The minimum absolute atomic E-state index is 0.0660. The summed E-state index contributed by atoms with van der Waals surface area (Å²) in [5, 5.41) is 23.3. The molecule has 0 radical (unpaired) electrons. The maximum atomic E-state index is 12.6. The monoisotopic (exact) mass is 1160 g/mol. The Bertz CT molecular complexity index is 1410. The fourth-order valence-electron chi connectivity index (χ4n) is 11.8. The van der Waals surface area contributed by atoms with Crippen LogP contribution in [0.1, 0.15) is 406 Å². The van der Waals surface area contributed by atoms with E-state index in [9.17, 15) is 15.0 Å². The first-order valence-corrected chi connectivity index (χ1v) is 37.7.